The van der Waals surface area contributed by atoms with Crippen molar-refractivity contribution in [3.63, 3.8) is 0 Å². The second-order valence-corrected chi connectivity index (χ2v) is 5.52. The van der Waals surface area contributed by atoms with Crippen LogP contribution in [0.4, 0.5) is 0 Å². The average molecular weight is 360 g/mol. The molecule has 2 atom stereocenters. The third-order valence-electron chi connectivity index (χ3n) is 3.84. The second-order valence-electron chi connectivity index (χ2n) is 5.52. The first-order valence-corrected chi connectivity index (χ1v) is 8.32. The molecule has 1 N–H and O–H groups in total. The third-order valence-corrected chi connectivity index (χ3v) is 3.84. The van der Waals surface area contributed by atoms with Crippen LogP contribution in [0, 0.1) is 0 Å². The summed E-state index contributed by atoms with van der Waals surface area (Å²) in [6, 6.07) is 14.8. The minimum atomic E-state index is -1.22. The molecule has 0 fully saturated rings. The second kappa shape index (κ2) is 9.79. The molecule has 2 unspecified atom stereocenters. The molecule has 0 spiro atoms. The molecule has 2 aromatic carbocycles. The van der Waals surface area contributed by atoms with Crippen LogP contribution in [0.3, 0.4) is 0 Å². The van der Waals surface area contributed by atoms with Crippen molar-refractivity contribution in [2.45, 2.75) is 25.7 Å². The van der Waals surface area contributed by atoms with Crippen LogP contribution in [-0.4, -0.2) is 38.0 Å². The van der Waals surface area contributed by atoms with E-state index in [1.54, 1.807) is 25.1 Å². The third kappa shape index (κ3) is 4.97. The number of carbonyl (C=O) groups is 1. The Hall–Kier alpha value is -2.57. The van der Waals surface area contributed by atoms with E-state index in [2.05, 4.69) is 0 Å². The monoisotopic (exact) mass is 360 g/mol. The first kappa shape index (κ1) is 19.8. The van der Waals surface area contributed by atoms with E-state index >= 15 is 0 Å². The Balaban J connectivity index is 2.17. The van der Waals surface area contributed by atoms with E-state index in [-0.39, 0.29) is 6.61 Å². The number of carbonyl (C=O) groups excluding carboxylic acids is 1. The highest BCUT2D eigenvalue weighted by atomic mass is 16.6. The molecular weight excluding hydrogens is 336 g/mol. The van der Waals surface area contributed by atoms with Crippen LogP contribution >= 0.6 is 0 Å². The summed E-state index contributed by atoms with van der Waals surface area (Å²) in [5, 5.41) is 10.6. The molecule has 26 heavy (non-hydrogen) atoms. The Bertz CT molecular complexity index is 701. The SMILES string of the molecule is CCOC(C(=O)OC)C(O)c1ccc(OCc2ccccc2)cc1OC. The molecule has 140 valence electrons. The lowest BCUT2D eigenvalue weighted by molar-refractivity contribution is -0.162. The lowest BCUT2D eigenvalue weighted by atomic mass is 10.0. The summed E-state index contributed by atoms with van der Waals surface area (Å²) >= 11 is 0. The van der Waals surface area contributed by atoms with Crippen LogP contribution in [0.5, 0.6) is 11.5 Å². The van der Waals surface area contributed by atoms with Crippen molar-refractivity contribution in [3.8, 4) is 11.5 Å². The fourth-order valence-electron chi connectivity index (χ4n) is 2.51. The van der Waals surface area contributed by atoms with Crippen molar-refractivity contribution in [2.75, 3.05) is 20.8 Å². The van der Waals surface area contributed by atoms with Crippen LogP contribution in [-0.2, 0) is 20.9 Å². The number of methoxy groups -OCH3 is 2. The van der Waals surface area contributed by atoms with Gasteiger partial charge < -0.3 is 24.1 Å². The van der Waals surface area contributed by atoms with Gasteiger partial charge in [-0.25, -0.2) is 4.79 Å². The maximum Gasteiger partial charge on any atom is 0.338 e. The van der Waals surface area contributed by atoms with E-state index < -0.39 is 18.2 Å². The van der Waals surface area contributed by atoms with E-state index in [9.17, 15) is 9.90 Å². The van der Waals surface area contributed by atoms with Crippen LogP contribution in [0.25, 0.3) is 0 Å². The zero-order chi connectivity index (χ0) is 18.9. The lowest BCUT2D eigenvalue weighted by Crippen LogP contribution is -2.32. The Labute approximate surface area is 153 Å². The topological polar surface area (TPSA) is 74.2 Å². The first-order valence-electron chi connectivity index (χ1n) is 8.32. The van der Waals surface area contributed by atoms with Gasteiger partial charge in [-0.1, -0.05) is 30.3 Å². The fraction of sp³-hybridized carbons (Fsp3) is 0.350. The summed E-state index contributed by atoms with van der Waals surface area (Å²) in [4.78, 5) is 11.9. The number of aliphatic hydroxyl groups is 1. The predicted molar refractivity (Wildman–Crippen MR) is 96.2 cm³/mol. The van der Waals surface area contributed by atoms with Crippen LogP contribution in [0.1, 0.15) is 24.2 Å². The van der Waals surface area contributed by atoms with E-state index in [4.69, 9.17) is 18.9 Å². The lowest BCUT2D eigenvalue weighted by Gasteiger charge is -2.22. The first-order chi connectivity index (χ1) is 12.6. The van der Waals surface area contributed by atoms with Crippen LogP contribution in [0.2, 0.25) is 0 Å². The summed E-state index contributed by atoms with van der Waals surface area (Å²) in [5.41, 5.74) is 1.46. The molecule has 0 radical (unpaired) electrons. The number of hydrogen-bond acceptors (Lipinski definition) is 6. The zero-order valence-corrected chi connectivity index (χ0v) is 15.2. The molecular formula is C20H24O6. The van der Waals surface area contributed by atoms with Gasteiger partial charge in [0, 0.05) is 18.2 Å². The van der Waals surface area contributed by atoms with Gasteiger partial charge in [0.25, 0.3) is 0 Å². The molecule has 0 aliphatic heterocycles. The van der Waals surface area contributed by atoms with Gasteiger partial charge in [-0.15, -0.1) is 0 Å². The maximum atomic E-state index is 11.9. The van der Waals surface area contributed by atoms with E-state index in [1.165, 1.54) is 14.2 Å². The van der Waals surface area contributed by atoms with Crippen molar-refractivity contribution < 1.29 is 28.8 Å². The van der Waals surface area contributed by atoms with Gasteiger partial charge in [-0.2, -0.15) is 0 Å². The fourth-order valence-corrected chi connectivity index (χ4v) is 2.51. The van der Waals surface area contributed by atoms with Gasteiger partial charge in [0.05, 0.1) is 14.2 Å². The van der Waals surface area contributed by atoms with E-state index in [1.807, 2.05) is 30.3 Å². The molecule has 2 aromatic rings. The molecule has 0 aliphatic rings. The molecule has 0 saturated carbocycles. The van der Waals surface area contributed by atoms with E-state index in [0.717, 1.165) is 5.56 Å². The van der Waals surface area contributed by atoms with Gasteiger partial charge in [-0.05, 0) is 24.6 Å². The molecule has 0 saturated heterocycles. The predicted octanol–water partition coefficient (Wildman–Crippen LogP) is 2.89. The minimum Gasteiger partial charge on any atom is -0.496 e. The van der Waals surface area contributed by atoms with Crippen LogP contribution in [0.15, 0.2) is 48.5 Å². The average Bonchev–Trinajstić information content (AvgIpc) is 2.70. The molecule has 2 rings (SSSR count). The molecule has 0 aliphatic carbocycles. The van der Waals surface area contributed by atoms with Gasteiger partial charge in [-0.3, -0.25) is 0 Å². The Morgan fingerprint density at radius 2 is 1.85 bits per heavy atom. The number of hydrogen-bond donors (Lipinski definition) is 1. The Kier molecular flexibility index (Phi) is 7.44. The van der Waals surface area contributed by atoms with Crippen molar-refractivity contribution >= 4 is 5.97 Å². The molecule has 0 amide bonds. The number of benzene rings is 2. The summed E-state index contributed by atoms with van der Waals surface area (Å²) in [5.74, 6) is 0.343. The van der Waals surface area contributed by atoms with Gasteiger partial charge in [0.15, 0.2) is 6.10 Å². The maximum absolute atomic E-state index is 11.9. The normalized spacial score (nSPS) is 12.9. The highest BCUT2D eigenvalue weighted by Crippen LogP contribution is 2.32. The molecule has 6 nitrogen and oxygen atoms in total. The molecule has 0 aromatic heterocycles. The van der Waals surface area contributed by atoms with Crippen molar-refractivity contribution in [1.29, 1.82) is 0 Å². The molecule has 6 heteroatoms. The van der Waals surface area contributed by atoms with Gasteiger partial charge >= 0.3 is 5.97 Å². The number of rotatable bonds is 9. The van der Waals surface area contributed by atoms with Crippen molar-refractivity contribution in [1.82, 2.24) is 0 Å². The zero-order valence-electron chi connectivity index (χ0n) is 15.2. The smallest absolute Gasteiger partial charge is 0.338 e. The van der Waals surface area contributed by atoms with Gasteiger partial charge in [0.1, 0.15) is 24.2 Å². The number of esters is 1. The van der Waals surface area contributed by atoms with Crippen LogP contribution < -0.4 is 9.47 Å². The minimum absolute atomic E-state index is 0.261. The summed E-state index contributed by atoms with van der Waals surface area (Å²) in [6.07, 6.45) is -2.35. The number of ether oxygens (including phenoxy) is 4. The highest BCUT2D eigenvalue weighted by Gasteiger charge is 2.31. The number of aliphatic hydroxyl groups excluding tert-OH is 1. The molecule has 0 bridgehead atoms. The Morgan fingerprint density at radius 1 is 1.12 bits per heavy atom. The summed E-state index contributed by atoms with van der Waals surface area (Å²) in [6.45, 7) is 2.41. The van der Waals surface area contributed by atoms with E-state index in [0.29, 0.717) is 23.7 Å². The highest BCUT2D eigenvalue weighted by molar-refractivity contribution is 5.75. The largest absolute Gasteiger partial charge is 0.496 e. The molecule has 0 heterocycles. The van der Waals surface area contributed by atoms with Crippen molar-refractivity contribution in [3.05, 3.63) is 59.7 Å². The van der Waals surface area contributed by atoms with Crippen molar-refractivity contribution in [2.24, 2.45) is 0 Å². The summed E-state index contributed by atoms with van der Waals surface area (Å²) < 4.78 is 21.2. The summed E-state index contributed by atoms with van der Waals surface area (Å²) in [7, 11) is 2.74. The van der Waals surface area contributed by atoms with Gasteiger partial charge in [0.2, 0.25) is 0 Å². The standard InChI is InChI=1S/C20H24O6/c1-4-25-19(20(22)24-3)18(21)16-11-10-15(12-17(16)23-2)26-13-14-8-6-5-7-9-14/h5-12,18-19,21H,4,13H2,1-3H3. The Morgan fingerprint density at radius 3 is 2.46 bits per heavy atom. The quantitative estimate of drug-likeness (QED) is 0.693.